The molecule has 18 heteroatoms. The van der Waals surface area contributed by atoms with E-state index in [0.717, 1.165) is 108 Å². The number of aryl methyl sites for hydroxylation is 1. The number of aliphatic hydroxyl groups excluding tert-OH is 1. The van der Waals surface area contributed by atoms with Crippen molar-refractivity contribution >= 4 is 51.3 Å². The molecule has 4 aromatic carbocycles. The van der Waals surface area contributed by atoms with Gasteiger partial charge >= 0.3 is 6.03 Å². The van der Waals surface area contributed by atoms with Crippen LogP contribution in [0, 0.1) is 11.8 Å². The number of methoxy groups -OCH3 is 1. The Balaban J connectivity index is 0.730. The van der Waals surface area contributed by atoms with Gasteiger partial charge in [-0.25, -0.2) is 19.7 Å². The smallest absolute Gasteiger partial charge is 0.332 e. The monoisotopic (exact) mass is 1080 g/mol. The summed E-state index contributed by atoms with van der Waals surface area (Å²) in [7, 11) is 3.29. The van der Waals surface area contributed by atoms with E-state index in [1.165, 1.54) is 12.0 Å². The average Bonchev–Trinajstić information content (AvgIpc) is 4.26. The molecule has 3 saturated heterocycles. The van der Waals surface area contributed by atoms with Gasteiger partial charge in [0.15, 0.2) is 5.60 Å². The lowest BCUT2D eigenvalue weighted by molar-refractivity contribution is -0.130. The molecular formula is C62H69N11O7. The van der Waals surface area contributed by atoms with Crippen LogP contribution in [0.15, 0.2) is 120 Å². The summed E-state index contributed by atoms with van der Waals surface area (Å²) in [5.41, 5.74) is 11.3. The van der Waals surface area contributed by atoms with Crippen LogP contribution in [-0.4, -0.2) is 136 Å². The number of rotatable bonds is 17. The van der Waals surface area contributed by atoms with E-state index in [9.17, 15) is 24.3 Å². The highest BCUT2D eigenvalue weighted by atomic mass is 16.5. The number of carbonyl (C=O) groups is 3. The summed E-state index contributed by atoms with van der Waals surface area (Å²) in [4.78, 5) is 73.9. The van der Waals surface area contributed by atoms with Gasteiger partial charge in [0.25, 0.3) is 5.56 Å². The summed E-state index contributed by atoms with van der Waals surface area (Å²) >= 11 is 0. The number of nitrogens with two attached hydrogens (primary N) is 1. The number of likely N-dealkylation sites (tertiary alicyclic amines) is 1. The number of H-pyrrole nitrogens is 1. The third-order valence-corrected chi connectivity index (χ3v) is 16.5. The number of amides is 4. The van der Waals surface area contributed by atoms with Gasteiger partial charge in [-0.3, -0.25) is 19.3 Å². The molecule has 0 radical (unpaired) electrons. The van der Waals surface area contributed by atoms with Gasteiger partial charge in [-0.15, -0.1) is 0 Å². The van der Waals surface area contributed by atoms with Crippen molar-refractivity contribution < 1.29 is 29.0 Å². The van der Waals surface area contributed by atoms with Gasteiger partial charge in [-0.1, -0.05) is 78.6 Å². The molecule has 3 aromatic heterocycles. The highest BCUT2D eigenvalue weighted by Crippen LogP contribution is 2.44. The number of aliphatic hydroxyl groups is 1. The molecule has 80 heavy (non-hydrogen) atoms. The number of ether oxygens (including phenoxy) is 2. The Morgan fingerprint density at radius 1 is 0.912 bits per heavy atom. The van der Waals surface area contributed by atoms with Crippen molar-refractivity contribution in [1.29, 1.82) is 0 Å². The molecule has 0 spiro atoms. The number of aromatic nitrogens is 4. The molecule has 6 N–H and O–H groups in total. The average molecular weight is 1080 g/mol. The number of hydrogen-bond acceptors (Lipinski definition) is 13. The number of aromatic amines is 1. The van der Waals surface area contributed by atoms with E-state index in [-0.39, 0.29) is 43.4 Å². The minimum absolute atomic E-state index is 0.00444. The molecule has 0 bridgehead atoms. The Hall–Kier alpha value is -7.92. The van der Waals surface area contributed by atoms with Crippen molar-refractivity contribution in [3.63, 3.8) is 0 Å². The lowest BCUT2D eigenvalue weighted by atomic mass is 9.87. The Labute approximate surface area is 465 Å². The Morgan fingerprint density at radius 2 is 1.66 bits per heavy atom. The first-order valence-electron chi connectivity index (χ1n) is 27.8. The van der Waals surface area contributed by atoms with Crippen molar-refractivity contribution in [2.24, 2.45) is 12.8 Å². The van der Waals surface area contributed by atoms with E-state index in [0.29, 0.717) is 53.2 Å². The summed E-state index contributed by atoms with van der Waals surface area (Å²) in [6.07, 6.45) is 9.69. The third kappa shape index (κ3) is 11.2. The zero-order chi connectivity index (χ0) is 55.5. The van der Waals surface area contributed by atoms with Crippen LogP contribution >= 0.6 is 0 Å². The van der Waals surface area contributed by atoms with E-state index in [2.05, 4.69) is 50.2 Å². The minimum Gasteiger partial charge on any atom is -0.495 e. The third-order valence-electron chi connectivity index (χ3n) is 16.5. The molecule has 4 fully saturated rings. The Kier molecular flexibility index (Phi) is 15.6. The van der Waals surface area contributed by atoms with Crippen molar-refractivity contribution in [1.82, 2.24) is 40.0 Å². The molecule has 1 aliphatic carbocycles. The molecule has 4 aliphatic rings. The van der Waals surface area contributed by atoms with Crippen LogP contribution in [0.4, 0.5) is 16.4 Å². The summed E-state index contributed by atoms with van der Waals surface area (Å²) in [6, 6.07) is 31.8. The van der Waals surface area contributed by atoms with Crippen LogP contribution < -0.4 is 36.5 Å². The number of urea groups is 1. The Morgan fingerprint density at radius 3 is 2.39 bits per heavy atom. The first-order valence-corrected chi connectivity index (χ1v) is 27.8. The van der Waals surface area contributed by atoms with Crippen molar-refractivity contribution in [2.75, 3.05) is 69.5 Å². The van der Waals surface area contributed by atoms with E-state index >= 15 is 0 Å². The van der Waals surface area contributed by atoms with Crippen LogP contribution in [-0.2, 0) is 33.4 Å². The summed E-state index contributed by atoms with van der Waals surface area (Å²) < 4.78 is 14.2. The number of piperidine rings is 2. The van der Waals surface area contributed by atoms with Gasteiger partial charge in [0.2, 0.25) is 17.8 Å². The summed E-state index contributed by atoms with van der Waals surface area (Å²) in [5.74, 6) is 6.79. The summed E-state index contributed by atoms with van der Waals surface area (Å²) in [6.45, 7) is 5.74. The second kappa shape index (κ2) is 23.0. The van der Waals surface area contributed by atoms with Crippen LogP contribution in [0.1, 0.15) is 74.3 Å². The molecule has 4 amide bonds. The summed E-state index contributed by atoms with van der Waals surface area (Å²) in [5, 5.41) is 19.6. The number of nitrogens with zero attached hydrogens (tertiary/aromatic N) is 7. The second-order valence-corrected chi connectivity index (χ2v) is 21.9. The first kappa shape index (κ1) is 54.1. The van der Waals surface area contributed by atoms with Gasteiger partial charge in [0.05, 0.1) is 49.3 Å². The van der Waals surface area contributed by atoms with E-state index in [4.69, 9.17) is 25.2 Å². The molecule has 414 valence electrons. The number of benzene rings is 4. The van der Waals surface area contributed by atoms with E-state index in [1.54, 1.807) is 29.9 Å². The largest absolute Gasteiger partial charge is 0.495 e. The van der Waals surface area contributed by atoms with Crippen molar-refractivity contribution in [2.45, 2.75) is 87.6 Å². The van der Waals surface area contributed by atoms with E-state index < -0.39 is 29.5 Å². The van der Waals surface area contributed by atoms with Crippen LogP contribution in [0.2, 0.25) is 0 Å². The zero-order valence-electron chi connectivity index (χ0n) is 45.6. The fourth-order valence-electron chi connectivity index (χ4n) is 11.6. The number of nitrogens with one attached hydrogen (secondary N) is 3. The first-order chi connectivity index (χ1) is 38.8. The SMILES string of the molecule is COc1ccc(C#CCNC2(C)CCN(C3CCN(c4nc([C@@](CO)(OC5CC5)c5ccccc5)c5cc(-c6cn(C)c(=O)c7[nH]ccc67)ccc5n4)CC3)CC2)cc1N1CCC(=O)N(CNC(=O)[C@@H](N)Cc2ccccc2)C1=O. The molecular weight excluding hydrogens is 1010 g/mol. The molecule has 7 aromatic rings. The quantitative estimate of drug-likeness (QED) is 0.0647. The second-order valence-electron chi connectivity index (χ2n) is 21.9. The van der Waals surface area contributed by atoms with Crippen molar-refractivity contribution in [3.05, 3.63) is 148 Å². The van der Waals surface area contributed by atoms with Gasteiger partial charge in [0.1, 0.15) is 17.9 Å². The molecule has 6 heterocycles. The normalized spacial score (nSPS) is 18.2. The van der Waals surface area contributed by atoms with Crippen LogP contribution in [0.5, 0.6) is 5.75 Å². The standard InChI is InChI=1S/C62H69N11O7/c1-61(66-28-10-13-42-16-21-53(79-3)52(36-42)72-32-25-54(75)73(60(72)78)40-65-57(76)50(63)35-41-11-6-4-7-12-41)26-33-70(34-27-61)45-23-30-71(31-24-45)59-67-51-20-17-43(49-38-69(2)58(77)55-47(49)22-29-64-55)37-48(51)56(68-59)62(39-74,80-46-18-19-46)44-14-8-5-9-15-44/h4-9,11-12,14-17,20-22,29,36-38,45-46,50,64,66,74H,18-19,23-28,30-35,39-40,63H2,1-3H3,(H,65,76)/t50-,62-/m0/s1. The van der Waals surface area contributed by atoms with Gasteiger partial charge in [-0.05, 0) is 105 Å². The molecule has 1 saturated carbocycles. The molecule has 0 unspecified atom stereocenters. The highest BCUT2D eigenvalue weighted by molar-refractivity contribution is 6.06. The molecule has 2 atom stereocenters. The fourth-order valence-corrected chi connectivity index (χ4v) is 11.6. The zero-order valence-corrected chi connectivity index (χ0v) is 45.6. The maximum Gasteiger partial charge on any atom is 0.332 e. The van der Waals surface area contributed by atoms with Crippen LogP contribution in [0.25, 0.3) is 32.9 Å². The molecule has 18 nitrogen and oxygen atoms in total. The molecule has 11 rings (SSSR count). The Bertz CT molecular complexity index is 3540. The van der Waals surface area contributed by atoms with Crippen molar-refractivity contribution in [3.8, 4) is 28.7 Å². The number of anilines is 2. The minimum atomic E-state index is -1.24. The highest BCUT2D eigenvalue weighted by Gasteiger charge is 2.44. The topological polar surface area (TPSA) is 217 Å². The maximum absolute atomic E-state index is 13.8. The van der Waals surface area contributed by atoms with Crippen LogP contribution in [0.3, 0.4) is 0 Å². The number of imide groups is 1. The predicted molar refractivity (Wildman–Crippen MR) is 308 cm³/mol. The molecule has 3 aliphatic heterocycles. The lowest BCUT2D eigenvalue weighted by Gasteiger charge is -2.45. The van der Waals surface area contributed by atoms with Gasteiger partial charge in [-0.2, -0.15) is 0 Å². The number of fused-ring (bicyclic) bond motifs is 2. The lowest BCUT2D eigenvalue weighted by Crippen LogP contribution is -2.57. The van der Waals surface area contributed by atoms with E-state index in [1.807, 2.05) is 91.1 Å². The predicted octanol–water partition coefficient (Wildman–Crippen LogP) is 6.17. The van der Waals surface area contributed by atoms with Gasteiger partial charge < -0.3 is 50.3 Å². The fraction of sp³-hybridized carbons (Fsp3) is 0.387. The number of carbonyl (C=O) groups excluding carboxylic acids is 3. The number of pyridine rings is 1. The number of hydrogen-bond donors (Lipinski definition) is 5. The maximum atomic E-state index is 13.8. The van der Waals surface area contributed by atoms with Gasteiger partial charge in [0, 0.05) is 92.1 Å².